The third-order valence-electron chi connectivity index (χ3n) is 5.25. The fourth-order valence-corrected chi connectivity index (χ4v) is 3.77. The predicted octanol–water partition coefficient (Wildman–Crippen LogP) is 2.82. The van der Waals surface area contributed by atoms with Crippen LogP contribution < -0.4 is 5.32 Å². The fourth-order valence-electron chi connectivity index (χ4n) is 3.77. The second-order valence-corrected chi connectivity index (χ2v) is 7.30. The van der Waals surface area contributed by atoms with Gasteiger partial charge in [-0.3, -0.25) is 0 Å². The molecule has 1 aromatic carbocycles. The van der Waals surface area contributed by atoms with Gasteiger partial charge < -0.3 is 15.3 Å². The molecule has 1 fully saturated rings. The maximum atomic E-state index is 12.5. The summed E-state index contributed by atoms with van der Waals surface area (Å²) < 4.78 is 0. The highest BCUT2D eigenvalue weighted by Gasteiger charge is 2.34. The number of fused-ring (bicyclic) bond motifs is 1. The molecule has 2 N–H and O–H groups in total. The highest BCUT2D eigenvalue weighted by atomic mass is 16.3. The Hall–Kier alpha value is -1.55. The van der Waals surface area contributed by atoms with Crippen molar-refractivity contribution in [3.63, 3.8) is 0 Å². The fraction of sp³-hybridized carbons (Fsp3) is 0.611. The Labute approximate surface area is 132 Å². The molecular weight excluding hydrogens is 276 g/mol. The number of hydrogen-bond donors (Lipinski definition) is 2. The van der Waals surface area contributed by atoms with Crippen LogP contribution in [0.15, 0.2) is 24.3 Å². The standard InChI is InChI=1S/C18H26N2O2/c1-18(2)9-7-16(14-5-3-4-6-15(14)18)19-17(22)20-10-8-13(11-20)12-21/h3-6,13,16,21H,7-12H2,1-2H3,(H,19,22). The second kappa shape index (κ2) is 5.92. The van der Waals surface area contributed by atoms with E-state index in [-0.39, 0.29) is 30.0 Å². The van der Waals surface area contributed by atoms with E-state index in [0.29, 0.717) is 6.54 Å². The Morgan fingerprint density at radius 3 is 2.86 bits per heavy atom. The van der Waals surface area contributed by atoms with E-state index in [0.717, 1.165) is 25.8 Å². The van der Waals surface area contributed by atoms with Crippen LogP contribution in [-0.4, -0.2) is 35.7 Å². The summed E-state index contributed by atoms with van der Waals surface area (Å²) in [7, 11) is 0. The third kappa shape index (κ3) is 2.84. The normalized spacial score (nSPS) is 26.6. The van der Waals surface area contributed by atoms with E-state index < -0.39 is 0 Å². The maximum absolute atomic E-state index is 12.5. The van der Waals surface area contributed by atoms with Gasteiger partial charge in [-0.15, -0.1) is 0 Å². The number of aliphatic hydroxyl groups excluding tert-OH is 1. The number of rotatable bonds is 2. The number of carbonyl (C=O) groups excluding carboxylic acids is 1. The van der Waals surface area contributed by atoms with E-state index in [9.17, 15) is 9.90 Å². The van der Waals surface area contributed by atoms with Crippen LogP contribution in [0.25, 0.3) is 0 Å². The molecule has 1 saturated heterocycles. The topological polar surface area (TPSA) is 52.6 Å². The van der Waals surface area contributed by atoms with Gasteiger partial charge in [-0.25, -0.2) is 4.79 Å². The van der Waals surface area contributed by atoms with Gasteiger partial charge in [-0.05, 0) is 35.8 Å². The monoisotopic (exact) mass is 302 g/mol. The van der Waals surface area contributed by atoms with E-state index in [2.05, 4.69) is 43.4 Å². The molecule has 0 bridgehead atoms. The van der Waals surface area contributed by atoms with Crippen molar-refractivity contribution in [2.75, 3.05) is 19.7 Å². The van der Waals surface area contributed by atoms with Crippen LogP contribution in [0.3, 0.4) is 0 Å². The molecule has 0 saturated carbocycles. The Bertz CT molecular complexity index is 556. The lowest BCUT2D eigenvalue weighted by atomic mass is 9.71. The minimum absolute atomic E-state index is 0.00968. The zero-order valence-electron chi connectivity index (χ0n) is 13.5. The molecule has 4 nitrogen and oxygen atoms in total. The first kappa shape index (κ1) is 15.3. The van der Waals surface area contributed by atoms with Crippen molar-refractivity contribution in [1.82, 2.24) is 10.2 Å². The lowest BCUT2D eigenvalue weighted by Crippen LogP contribution is -2.42. The first-order valence-electron chi connectivity index (χ1n) is 8.27. The van der Waals surface area contributed by atoms with E-state index >= 15 is 0 Å². The summed E-state index contributed by atoms with van der Waals surface area (Å²) in [5, 5.41) is 12.4. The molecule has 0 radical (unpaired) electrons. The average molecular weight is 302 g/mol. The SMILES string of the molecule is CC1(C)CCC(NC(=O)N2CCC(CO)C2)c2ccccc21. The molecule has 120 valence electrons. The van der Waals surface area contributed by atoms with Gasteiger partial charge in [0.25, 0.3) is 0 Å². The van der Waals surface area contributed by atoms with Crippen molar-refractivity contribution in [2.24, 2.45) is 5.92 Å². The van der Waals surface area contributed by atoms with Crippen LogP contribution in [0.1, 0.15) is 50.3 Å². The van der Waals surface area contributed by atoms with E-state index in [1.165, 1.54) is 11.1 Å². The minimum Gasteiger partial charge on any atom is -0.396 e. The first-order chi connectivity index (χ1) is 10.5. The largest absolute Gasteiger partial charge is 0.396 e. The highest BCUT2D eigenvalue weighted by molar-refractivity contribution is 5.75. The summed E-state index contributed by atoms with van der Waals surface area (Å²) in [5.74, 6) is 0.239. The third-order valence-corrected chi connectivity index (χ3v) is 5.25. The summed E-state index contributed by atoms with van der Waals surface area (Å²) in [6.07, 6.45) is 2.96. The second-order valence-electron chi connectivity index (χ2n) is 7.30. The molecule has 2 amide bonds. The van der Waals surface area contributed by atoms with Crippen LogP contribution in [0.5, 0.6) is 0 Å². The lowest BCUT2D eigenvalue weighted by Gasteiger charge is -2.37. The van der Waals surface area contributed by atoms with Crippen LogP contribution in [0.2, 0.25) is 0 Å². The molecule has 1 aliphatic carbocycles. The zero-order valence-corrected chi connectivity index (χ0v) is 13.5. The van der Waals surface area contributed by atoms with Gasteiger partial charge in [0.2, 0.25) is 0 Å². The van der Waals surface area contributed by atoms with E-state index in [4.69, 9.17) is 0 Å². The minimum atomic E-state index is 0.00968. The number of nitrogens with one attached hydrogen (secondary N) is 1. The van der Waals surface area contributed by atoms with Gasteiger partial charge in [0.15, 0.2) is 0 Å². The Morgan fingerprint density at radius 1 is 1.36 bits per heavy atom. The van der Waals surface area contributed by atoms with E-state index in [1.807, 2.05) is 4.90 Å². The van der Waals surface area contributed by atoms with Crippen molar-refractivity contribution in [2.45, 2.75) is 44.6 Å². The molecule has 3 rings (SSSR count). The highest BCUT2D eigenvalue weighted by Crippen LogP contribution is 2.41. The number of nitrogens with zero attached hydrogens (tertiary/aromatic N) is 1. The van der Waals surface area contributed by atoms with Crippen LogP contribution in [0.4, 0.5) is 4.79 Å². The number of benzene rings is 1. The number of urea groups is 1. The van der Waals surface area contributed by atoms with Crippen molar-refractivity contribution in [1.29, 1.82) is 0 Å². The Kier molecular flexibility index (Phi) is 4.13. The molecule has 1 aliphatic heterocycles. The van der Waals surface area contributed by atoms with Gasteiger partial charge in [0.05, 0.1) is 6.04 Å². The molecule has 22 heavy (non-hydrogen) atoms. The van der Waals surface area contributed by atoms with Gasteiger partial charge in [-0.1, -0.05) is 38.1 Å². The smallest absolute Gasteiger partial charge is 0.317 e. The van der Waals surface area contributed by atoms with Crippen molar-refractivity contribution >= 4 is 6.03 Å². The molecule has 2 aliphatic rings. The van der Waals surface area contributed by atoms with Crippen LogP contribution in [-0.2, 0) is 5.41 Å². The number of hydrogen-bond acceptors (Lipinski definition) is 2. The van der Waals surface area contributed by atoms with Crippen molar-refractivity contribution < 1.29 is 9.90 Å². The number of carbonyl (C=O) groups is 1. The summed E-state index contributed by atoms with van der Waals surface area (Å²) >= 11 is 0. The number of amides is 2. The molecule has 2 atom stereocenters. The molecule has 0 spiro atoms. The summed E-state index contributed by atoms with van der Waals surface area (Å²) in [5.41, 5.74) is 2.78. The lowest BCUT2D eigenvalue weighted by molar-refractivity contribution is 0.192. The first-order valence-corrected chi connectivity index (χ1v) is 8.27. The maximum Gasteiger partial charge on any atom is 0.317 e. The molecule has 0 aromatic heterocycles. The van der Waals surface area contributed by atoms with Crippen LogP contribution in [0, 0.1) is 5.92 Å². The molecule has 1 heterocycles. The van der Waals surface area contributed by atoms with Gasteiger partial charge in [-0.2, -0.15) is 0 Å². The average Bonchev–Trinajstić information content (AvgIpc) is 2.99. The van der Waals surface area contributed by atoms with E-state index in [1.54, 1.807) is 0 Å². The number of aliphatic hydroxyl groups is 1. The Balaban J connectivity index is 1.72. The summed E-state index contributed by atoms with van der Waals surface area (Å²) in [6, 6.07) is 8.57. The quantitative estimate of drug-likeness (QED) is 0.882. The zero-order chi connectivity index (χ0) is 15.7. The number of likely N-dealkylation sites (tertiary alicyclic amines) is 1. The summed E-state index contributed by atoms with van der Waals surface area (Å²) in [6.45, 7) is 6.13. The summed E-state index contributed by atoms with van der Waals surface area (Å²) in [4.78, 5) is 14.3. The van der Waals surface area contributed by atoms with Crippen molar-refractivity contribution in [3.05, 3.63) is 35.4 Å². The predicted molar refractivity (Wildman–Crippen MR) is 86.7 cm³/mol. The molecule has 4 heteroatoms. The van der Waals surface area contributed by atoms with Gasteiger partial charge in [0, 0.05) is 25.6 Å². The molecule has 1 aromatic rings. The van der Waals surface area contributed by atoms with Gasteiger partial charge >= 0.3 is 6.03 Å². The van der Waals surface area contributed by atoms with Gasteiger partial charge in [0.1, 0.15) is 0 Å². The Morgan fingerprint density at radius 2 is 2.14 bits per heavy atom. The molecular formula is C18H26N2O2. The van der Waals surface area contributed by atoms with Crippen molar-refractivity contribution in [3.8, 4) is 0 Å². The van der Waals surface area contributed by atoms with Crippen LogP contribution >= 0.6 is 0 Å². The molecule has 2 unspecified atom stereocenters.